The van der Waals surface area contributed by atoms with Crippen molar-refractivity contribution in [3.05, 3.63) is 41.7 Å². The molecule has 2 rings (SSSR count). The highest BCUT2D eigenvalue weighted by molar-refractivity contribution is 6.06. The molecule has 0 spiro atoms. The van der Waals surface area contributed by atoms with Gasteiger partial charge in [-0.3, -0.25) is 14.3 Å². The number of amides is 2. The van der Waals surface area contributed by atoms with E-state index in [1.807, 2.05) is 0 Å². The summed E-state index contributed by atoms with van der Waals surface area (Å²) >= 11 is 0. The van der Waals surface area contributed by atoms with E-state index in [0.29, 0.717) is 16.9 Å². The molecule has 0 saturated carbocycles. The molecule has 1 aromatic heterocycles. The molecule has 21 heavy (non-hydrogen) atoms. The molecular weight excluding hydrogens is 270 g/mol. The molecule has 0 unspecified atom stereocenters. The van der Waals surface area contributed by atoms with Crippen molar-refractivity contribution in [2.24, 2.45) is 7.05 Å². The summed E-state index contributed by atoms with van der Waals surface area (Å²) in [7, 11) is 5.05. The topological polar surface area (TPSA) is 93.2 Å². The first-order chi connectivity index (χ1) is 9.88. The van der Waals surface area contributed by atoms with Gasteiger partial charge in [0.05, 0.1) is 5.69 Å². The number of nitrogens with zero attached hydrogens (tertiary/aromatic N) is 3. The Morgan fingerprint density at radius 3 is 2.33 bits per heavy atom. The molecule has 3 N–H and O–H groups in total. The van der Waals surface area contributed by atoms with E-state index >= 15 is 0 Å². The summed E-state index contributed by atoms with van der Waals surface area (Å²) in [6, 6.07) is 6.63. The molecule has 0 bridgehead atoms. The van der Waals surface area contributed by atoms with Gasteiger partial charge >= 0.3 is 0 Å². The summed E-state index contributed by atoms with van der Waals surface area (Å²) in [4.78, 5) is 25.3. The lowest BCUT2D eigenvalue weighted by Crippen LogP contribution is -2.21. The van der Waals surface area contributed by atoms with Gasteiger partial charge in [0.25, 0.3) is 11.8 Å². The monoisotopic (exact) mass is 287 g/mol. The molecule has 110 valence electrons. The second kappa shape index (κ2) is 5.66. The molecule has 7 nitrogen and oxygen atoms in total. The number of hydrogen-bond acceptors (Lipinski definition) is 4. The highest BCUT2D eigenvalue weighted by Gasteiger charge is 2.14. The van der Waals surface area contributed by atoms with Crippen molar-refractivity contribution in [1.29, 1.82) is 0 Å². The molecular formula is C14H17N5O2. The van der Waals surface area contributed by atoms with Crippen LogP contribution in [0.15, 0.2) is 30.5 Å². The quantitative estimate of drug-likeness (QED) is 0.879. The smallest absolute Gasteiger partial charge is 0.278 e. The first-order valence-electron chi connectivity index (χ1n) is 6.30. The SMILES string of the molecule is CN(C)C(=O)c1ccc(NC(=O)c2nn(C)cc2N)cc1. The Labute approximate surface area is 122 Å². The van der Waals surface area contributed by atoms with Crippen LogP contribution in [0.4, 0.5) is 11.4 Å². The third-order valence-electron chi connectivity index (χ3n) is 2.87. The average Bonchev–Trinajstić information content (AvgIpc) is 2.77. The maximum Gasteiger partial charge on any atom is 0.278 e. The van der Waals surface area contributed by atoms with E-state index in [2.05, 4.69) is 10.4 Å². The van der Waals surface area contributed by atoms with Gasteiger partial charge in [0.15, 0.2) is 5.69 Å². The average molecular weight is 287 g/mol. The summed E-state index contributed by atoms with van der Waals surface area (Å²) in [5.41, 5.74) is 7.31. The third kappa shape index (κ3) is 3.19. The lowest BCUT2D eigenvalue weighted by atomic mass is 10.2. The molecule has 0 radical (unpaired) electrons. The minimum Gasteiger partial charge on any atom is -0.396 e. The Balaban J connectivity index is 2.12. The largest absolute Gasteiger partial charge is 0.396 e. The van der Waals surface area contributed by atoms with Crippen LogP contribution in [0.3, 0.4) is 0 Å². The van der Waals surface area contributed by atoms with E-state index in [9.17, 15) is 9.59 Å². The number of nitrogens with one attached hydrogen (secondary N) is 1. The lowest BCUT2D eigenvalue weighted by Gasteiger charge is -2.10. The molecule has 0 aliphatic heterocycles. The highest BCUT2D eigenvalue weighted by Crippen LogP contribution is 2.14. The van der Waals surface area contributed by atoms with Crippen molar-refractivity contribution >= 4 is 23.2 Å². The second-order valence-electron chi connectivity index (χ2n) is 4.84. The maximum absolute atomic E-state index is 12.0. The molecule has 2 amide bonds. The fraction of sp³-hybridized carbons (Fsp3) is 0.214. The van der Waals surface area contributed by atoms with Gasteiger partial charge < -0.3 is 16.0 Å². The van der Waals surface area contributed by atoms with Crippen molar-refractivity contribution in [2.45, 2.75) is 0 Å². The summed E-state index contributed by atoms with van der Waals surface area (Å²) in [5, 5.41) is 6.68. The minimum absolute atomic E-state index is 0.0955. The van der Waals surface area contributed by atoms with E-state index in [-0.39, 0.29) is 17.5 Å². The molecule has 7 heteroatoms. The van der Waals surface area contributed by atoms with E-state index in [4.69, 9.17) is 5.73 Å². The minimum atomic E-state index is -0.389. The Bertz CT molecular complexity index is 673. The first-order valence-corrected chi connectivity index (χ1v) is 6.30. The van der Waals surface area contributed by atoms with Gasteiger partial charge in [0, 0.05) is 38.6 Å². The first kappa shape index (κ1) is 14.6. The third-order valence-corrected chi connectivity index (χ3v) is 2.87. The van der Waals surface area contributed by atoms with E-state index in [1.54, 1.807) is 51.6 Å². The Morgan fingerprint density at radius 2 is 1.86 bits per heavy atom. The van der Waals surface area contributed by atoms with Crippen molar-refractivity contribution < 1.29 is 9.59 Å². The van der Waals surface area contributed by atoms with Gasteiger partial charge in [-0.1, -0.05) is 0 Å². The zero-order valence-corrected chi connectivity index (χ0v) is 12.1. The molecule has 1 heterocycles. The number of benzene rings is 1. The summed E-state index contributed by atoms with van der Waals surface area (Å²) in [6.45, 7) is 0. The summed E-state index contributed by atoms with van der Waals surface area (Å²) < 4.78 is 1.48. The van der Waals surface area contributed by atoms with Crippen LogP contribution in [0.5, 0.6) is 0 Å². The van der Waals surface area contributed by atoms with Crippen LogP contribution in [-0.4, -0.2) is 40.6 Å². The van der Waals surface area contributed by atoms with Crippen LogP contribution < -0.4 is 11.1 Å². The van der Waals surface area contributed by atoms with Crippen LogP contribution in [0.25, 0.3) is 0 Å². The number of hydrogen-bond donors (Lipinski definition) is 2. The predicted molar refractivity (Wildman–Crippen MR) is 80.0 cm³/mol. The molecule has 0 saturated heterocycles. The van der Waals surface area contributed by atoms with Gasteiger partial charge in [0.2, 0.25) is 0 Å². The van der Waals surface area contributed by atoms with Crippen LogP contribution in [0.2, 0.25) is 0 Å². The zero-order chi connectivity index (χ0) is 15.6. The van der Waals surface area contributed by atoms with Gasteiger partial charge in [-0.05, 0) is 24.3 Å². The fourth-order valence-corrected chi connectivity index (χ4v) is 1.83. The van der Waals surface area contributed by atoms with Gasteiger partial charge in [-0.15, -0.1) is 0 Å². The number of aromatic nitrogens is 2. The normalized spacial score (nSPS) is 10.2. The predicted octanol–water partition coefficient (Wildman–Crippen LogP) is 0.956. The summed E-state index contributed by atoms with van der Waals surface area (Å²) in [6.07, 6.45) is 1.56. The lowest BCUT2D eigenvalue weighted by molar-refractivity contribution is 0.0827. The zero-order valence-electron chi connectivity index (χ0n) is 12.1. The van der Waals surface area contributed by atoms with E-state index in [1.165, 1.54) is 9.58 Å². The van der Waals surface area contributed by atoms with Crippen LogP contribution in [-0.2, 0) is 7.05 Å². The number of aryl methyl sites for hydroxylation is 1. The van der Waals surface area contributed by atoms with E-state index < -0.39 is 0 Å². The number of carbonyl (C=O) groups is 2. The number of nitrogen functional groups attached to an aromatic ring is 1. The molecule has 1 aromatic carbocycles. The van der Waals surface area contributed by atoms with Crippen molar-refractivity contribution in [3.8, 4) is 0 Å². The Kier molecular flexibility index (Phi) is 3.93. The second-order valence-corrected chi connectivity index (χ2v) is 4.84. The standard InChI is InChI=1S/C14H17N5O2/c1-18(2)14(21)9-4-6-10(7-5-9)16-13(20)12-11(15)8-19(3)17-12/h4-8H,15H2,1-3H3,(H,16,20). The number of rotatable bonds is 3. The number of carbonyl (C=O) groups excluding carboxylic acids is 2. The molecule has 2 aromatic rings. The number of nitrogens with two attached hydrogens (primary N) is 1. The Morgan fingerprint density at radius 1 is 1.24 bits per heavy atom. The molecule has 0 fully saturated rings. The van der Waals surface area contributed by atoms with Crippen molar-refractivity contribution in [1.82, 2.24) is 14.7 Å². The van der Waals surface area contributed by atoms with E-state index in [0.717, 1.165) is 0 Å². The molecule has 0 aliphatic carbocycles. The van der Waals surface area contributed by atoms with Crippen molar-refractivity contribution in [2.75, 3.05) is 25.1 Å². The maximum atomic E-state index is 12.0. The summed E-state index contributed by atoms with van der Waals surface area (Å²) in [5.74, 6) is -0.485. The van der Waals surface area contributed by atoms with Gasteiger partial charge in [-0.2, -0.15) is 5.10 Å². The van der Waals surface area contributed by atoms with Crippen LogP contribution in [0, 0.1) is 0 Å². The fourth-order valence-electron chi connectivity index (χ4n) is 1.83. The van der Waals surface area contributed by atoms with Crippen molar-refractivity contribution in [3.63, 3.8) is 0 Å². The van der Waals surface area contributed by atoms with Gasteiger partial charge in [0.1, 0.15) is 0 Å². The van der Waals surface area contributed by atoms with Crippen LogP contribution >= 0.6 is 0 Å². The number of anilines is 2. The van der Waals surface area contributed by atoms with Crippen LogP contribution in [0.1, 0.15) is 20.8 Å². The molecule has 0 aliphatic rings. The Hall–Kier alpha value is -2.83. The molecule has 0 atom stereocenters. The van der Waals surface area contributed by atoms with Gasteiger partial charge in [-0.25, -0.2) is 0 Å². The highest BCUT2D eigenvalue weighted by atomic mass is 16.2.